The highest BCUT2D eigenvalue weighted by molar-refractivity contribution is 5.70. The minimum absolute atomic E-state index is 0.225. The molecule has 1 aromatic rings. The van der Waals surface area contributed by atoms with E-state index in [-0.39, 0.29) is 5.92 Å². The first-order valence-corrected chi connectivity index (χ1v) is 6.97. The number of carboxylic acid groups (broad SMARTS) is 1. The molecule has 1 saturated heterocycles. The van der Waals surface area contributed by atoms with Gasteiger partial charge in [-0.05, 0) is 12.8 Å². The topological polar surface area (TPSA) is 75.5 Å². The van der Waals surface area contributed by atoms with Crippen molar-refractivity contribution in [3.05, 3.63) is 17.6 Å². The van der Waals surface area contributed by atoms with Crippen molar-refractivity contribution < 1.29 is 14.6 Å². The summed E-state index contributed by atoms with van der Waals surface area (Å²) in [4.78, 5) is 22.1. The highest BCUT2D eigenvalue weighted by Gasteiger charge is 2.25. The van der Waals surface area contributed by atoms with Crippen LogP contribution in [-0.4, -0.2) is 41.2 Å². The monoisotopic (exact) mass is 279 g/mol. The van der Waals surface area contributed by atoms with Crippen LogP contribution in [0.15, 0.2) is 6.07 Å². The molecule has 20 heavy (non-hydrogen) atoms. The van der Waals surface area contributed by atoms with Gasteiger partial charge >= 0.3 is 5.97 Å². The summed E-state index contributed by atoms with van der Waals surface area (Å²) in [7, 11) is 1.64. The van der Waals surface area contributed by atoms with Crippen LogP contribution in [0.2, 0.25) is 0 Å². The molecule has 0 saturated carbocycles. The number of anilines is 1. The lowest BCUT2D eigenvalue weighted by atomic mass is 9.97. The maximum atomic E-state index is 11.0. The first kappa shape index (κ1) is 14.7. The molecule has 2 heterocycles. The molecular formula is C14H21N3O3. The molecule has 0 aromatic carbocycles. The molecule has 0 atom stereocenters. The fourth-order valence-corrected chi connectivity index (χ4v) is 2.43. The van der Waals surface area contributed by atoms with E-state index in [1.54, 1.807) is 7.11 Å². The highest BCUT2D eigenvalue weighted by atomic mass is 16.5. The molecule has 0 aliphatic carbocycles. The van der Waals surface area contributed by atoms with E-state index in [0.717, 1.165) is 36.8 Å². The number of carboxylic acids is 1. The average Bonchev–Trinajstić information content (AvgIpc) is 2.47. The molecule has 6 nitrogen and oxygen atoms in total. The van der Waals surface area contributed by atoms with Crippen LogP contribution in [0.1, 0.15) is 31.3 Å². The normalized spacial score (nSPS) is 16.4. The number of ether oxygens (including phenoxy) is 1. The van der Waals surface area contributed by atoms with Gasteiger partial charge in [0, 0.05) is 32.7 Å². The third-order valence-corrected chi connectivity index (χ3v) is 3.59. The number of carbonyl (C=O) groups is 1. The lowest BCUT2D eigenvalue weighted by molar-refractivity contribution is -0.142. The predicted octanol–water partition coefficient (Wildman–Crippen LogP) is 1.49. The fourth-order valence-electron chi connectivity index (χ4n) is 2.43. The van der Waals surface area contributed by atoms with Crippen molar-refractivity contribution in [3.63, 3.8) is 0 Å². The Labute approximate surface area is 118 Å². The summed E-state index contributed by atoms with van der Waals surface area (Å²) < 4.78 is 5.13. The van der Waals surface area contributed by atoms with Gasteiger partial charge in [0.2, 0.25) is 0 Å². The second-order valence-electron chi connectivity index (χ2n) is 5.02. The summed E-state index contributed by atoms with van der Waals surface area (Å²) in [6, 6.07) is 1.93. The van der Waals surface area contributed by atoms with Crippen molar-refractivity contribution in [3.8, 4) is 0 Å². The number of hydrogen-bond donors (Lipinski definition) is 1. The van der Waals surface area contributed by atoms with Crippen molar-refractivity contribution in [1.82, 2.24) is 9.97 Å². The molecule has 0 spiro atoms. The molecule has 1 fully saturated rings. The molecule has 1 aliphatic heterocycles. The maximum Gasteiger partial charge on any atom is 0.306 e. The summed E-state index contributed by atoms with van der Waals surface area (Å²) in [6.07, 6.45) is 2.11. The summed E-state index contributed by atoms with van der Waals surface area (Å²) in [5, 5.41) is 9.03. The molecule has 0 radical (unpaired) electrons. The minimum Gasteiger partial charge on any atom is -0.481 e. The van der Waals surface area contributed by atoms with E-state index in [2.05, 4.69) is 14.9 Å². The Morgan fingerprint density at radius 1 is 1.45 bits per heavy atom. The number of piperidine rings is 1. The second-order valence-corrected chi connectivity index (χ2v) is 5.02. The van der Waals surface area contributed by atoms with Gasteiger partial charge < -0.3 is 14.7 Å². The number of aromatic nitrogens is 2. The molecule has 110 valence electrons. The van der Waals surface area contributed by atoms with Crippen LogP contribution < -0.4 is 4.90 Å². The van der Waals surface area contributed by atoms with Crippen LogP contribution in [0.4, 0.5) is 5.82 Å². The predicted molar refractivity (Wildman–Crippen MR) is 74.7 cm³/mol. The number of aliphatic carboxylic acids is 1. The summed E-state index contributed by atoms with van der Waals surface area (Å²) >= 11 is 0. The molecule has 2 rings (SSSR count). The average molecular weight is 279 g/mol. The van der Waals surface area contributed by atoms with Gasteiger partial charge in [0.1, 0.15) is 11.6 Å². The van der Waals surface area contributed by atoms with E-state index in [1.807, 2.05) is 13.0 Å². The third-order valence-electron chi connectivity index (χ3n) is 3.59. The Bertz CT molecular complexity index is 471. The zero-order chi connectivity index (χ0) is 14.5. The van der Waals surface area contributed by atoms with E-state index >= 15 is 0 Å². The molecule has 0 amide bonds. The second kappa shape index (κ2) is 6.65. The van der Waals surface area contributed by atoms with Gasteiger partial charge in [-0.1, -0.05) is 6.92 Å². The van der Waals surface area contributed by atoms with Gasteiger partial charge in [-0.3, -0.25) is 4.79 Å². The Hall–Kier alpha value is -1.69. The van der Waals surface area contributed by atoms with Crippen molar-refractivity contribution in [1.29, 1.82) is 0 Å². The number of nitrogens with zero attached hydrogens (tertiary/aromatic N) is 3. The van der Waals surface area contributed by atoms with Crippen LogP contribution in [0.3, 0.4) is 0 Å². The number of hydrogen-bond acceptors (Lipinski definition) is 5. The maximum absolute atomic E-state index is 11.0. The standard InChI is InChI=1S/C14H21N3O3/c1-3-12-15-11(9-20-2)8-13(16-12)17-6-4-10(5-7-17)14(18)19/h8,10H,3-7,9H2,1-2H3,(H,18,19). The number of aryl methyl sites for hydroxylation is 1. The van der Waals surface area contributed by atoms with Crippen molar-refractivity contribution in [2.75, 3.05) is 25.1 Å². The lowest BCUT2D eigenvalue weighted by Gasteiger charge is -2.31. The van der Waals surface area contributed by atoms with E-state index in [9.17, 15) is 4.79 Å². The van der Waals surface area contributed by atoms with Gasteiger partial charge in [0.15, 0.2) is 0 Å². The first-order valence-electron chi connectivity index (χ1n) is 6.97. The highest BCUT2D eigenvalue weighted by Crippen LogP contribution is 2.22. The number of methoxy groups -OCH3 is 1. The first-order chi connectivity index (χ1) is 9.63. The largest absolute Gasteiger partial charge is 0.481 e. The minimum atomic E-state index is -0.693. The molecule has 1 aromatic heterocycles. The van der Waals surface area contributed by atoms with E-state index in [4.69, 9.17) is 9.84 Å². The van der Waals surface area contributed by atoms with Crippen LogP contribution in [0.5, 0.6) is 0 Å². The van der Waals surface area contributed by atoms with Crippen LogP contribution in [-0.2, 0) is 22.6 Å². The Balaban J connectivity index is 2.12. The van der Waals surface area contributed by atoms with E-state index in [0.29, 0.717) is 19.4 Å². The van der Waals surface area contributed by atoms with Gasteiger partial charge in [0.25, 0.3) is 0 Å². The zero-order valence-electron chi connectivity index (χ0n) is 12.0. The van der Waals surface area contributed by atoms with Gasteiger partial charge in [0.05, 0.1) is 18.2 Å². The molecule has 6 heteroatoms. The summed E-state index contributed by atoms with van der Waals surface area (Å²) in [5.74, 6) is 0.765. The van der Waals surface area contributed by atoms with E-state index in [1.165, 1.54) is 0 Å². The molecule has 1 aliphatic rings. The smallest absolute Gasteiger partial charge is 0.306 e. The number of rotatable bonds is 5. The molecule has 0 unspecified atom stereocenters. The summed E-state index contributed by atoms with van der Waals surface area (Å²) in [5.41, 5.74) is 0.870. The van der Waals surface area contributed by atoms with Gasteiger partial charge in [-0.15, -0.1) is 0 Å². The van der Waals surface area contributed by atoms with Crippen LogP contribution in [0.25, 0.3) is 0 Å². The summed E-state index contributed by atoms with van der Waals surface area (Å²) in [6.45, 7) is 3.94. The van der Waals surface area contributed by atoms with Crippen molar-refractivity contribution >= 4 is 11.8 Å². The molecule has 0 bridgehead atoms. The Morgan fingerprint density at radius 3 is 2.70 bits per heavy atom. The van der Waals surface area contributed by atoms with Gasteiger partial charge in [-0.25, -0.2) is 9.97 Å². The Kier molecular flexibility index (Phi) is 4.89. The van der Waals surface area contributed by atoms with Crippen LogP contribution >= 0.6 is 0 Å². The van der Waals surface area contributed by atoms with E-state index < -0.39 is 5.97 Å². The fraction of sp³-hybridized carbons (Fsp3) is 0.643. The Morgan fingerprint density at radius 2 is 2.15 bits per heavy atom. The lowest BCUT2D eigenvalue weighted by Crippen LogP contribution is -2.37. The van der Waals surface area contributed by atoms with Crippen molar-refractivity contribution in [2.45, 2.75) is 32.8 Å². The quantitative estimate of drug-likeness (QED) is 0.880. The zero-order valence-corrected chi connectivity index (χ0v) is 12.0. The van der Waals surface area contributed by atoms with Crippen LogP contribution in [0, 0.1) is 5.92 Å². The SMILES string of the molecule is CCc1nc(COC)cc(N2CCC(C(=O)O)CC2)n1. The molecule has 1 N–H and O–H groups in total. The molecular weight excluding hydrogens is 258 g/mol. The van der Waals surface area contributed by atoms with Gasteiger partial charge in [-0.2, -0.15) is 0 Å². The van der Waals surface area contributed by atoms with Crippen molar-refractivity contribution in [2.24, 2.45) is 5.92 Å². The third kappa shape index (κ3) is 3.45.